The number of hydrogen-bond donors (Lipinski definition) is 2. The normalized spacial score (nSPS) is 17.4. The molecule has 104 valence electrons. The molecule has 4 nitrogen and oxygen atoms in total. The van der Waals surface area contributed by atoms with Gasteiger partial charge in [0.2, 0.25) is 0 Å². The Morgan fingerprint density at radius 3 is 2.26 bits per heavy atom. The van der Waals surface area contributed by atoms with E-state index < -0.39 is 11.6 Å². The van der Waals surface area contributed by atoms with Crippen LogP contribution >= 0.6 is 0 Å². The van der Waals surface area contributed by atoms with Gasteiger partial charge in [0.25, 0.3) is 0 Å². The second-order valence-corrected chi connectivity index (χ2v) is 5.46. The van der Waals surface area contributed by atoms with Crippen molar-refractivity contribution in [2.45, 2.75) is 45.1 Å². The zero-order valence-corrected chi connectivity index (χ0v) is 11.4. The highest BCUT2D eigenvalue weighted by molar-refractivity contribution is 5.88. The van der Waals surface area contributed by atoms with E-state index >= 15 is 0 Å². The molecule has 0 heterocycles. The Bertz CT molecular complexity index is 464. The van der Waals surface area contributed by atoms with Crippen LogP contribution in [0.3, 0.4) is 0 Å². The zero-order valence-electron chi connectivity index (χ0n) is 11.4. The largest absolute Gasteiger partial charge is 0.490 e. The lowest BCUT2D eigenvalue weighted by Crippen LogP contribution is -2.32. The van der Waals surface area contributed by atoms with Gasteiger partial charge in [-0.25, -0.2) is 4.79 Å². The number of aliphatic hydroxyl groups is 1. The molecule has 1 aromatic rings. The van der Waals surface area contributed by atoms with Crippen molar-refractivity contribution in [2.24, 2.45) is 0 Å². The van der Waals surface area contributed by atoms with Crippen LogP contribution in [0.15, 0.2) is 12.1 Å². The van der Waals surface area contributed by atoms with E-state index in [0.717, 1.165) is 36.8 Å². The summed E-state index contributed by atoms with van der Waals surface area (Å²) < 4.78 is 5.75. The molecule has 0 unspecified atom stereocenters. The van der Waals surface area contributed by atoms with Crippen molar-refractivity contribution in [3.8, 4) is 5.75 Å². The molecular formula is C15H20O4. The van der Waals surface area contributed by atoms with Crippen LogP contribution in [-0.2, 0) is 0 Å². The Morgan fingerprint density at radius 2 is 1.79 bits per heavy atom. The predicted molar refractivity (Wildman–Crippen MR) is 71.8 cm³/mol. The van der Waals surface area contributed by atoms with Crippen molar-refractivity contribution in [2.75, 3.05) is 6.61 Å². The molecule has 19 heavy (non-hydrogen) atoms. The molecule has 0 bridgehead atoms. The monoisotopic (exact) mass is 264 g/mol. The van der Waals surface area contributed by atoms with Gasteiger partial charge in [0.1, 0.15) is 12.4 Å². The minimum absolute atomic E-state index is 0.266. The number of hydrogen-bond acceptors (Lipinski definition) is 3. The van der Waals surface area contributed by atoms with Crippen LogP contribution in [0.5, 0.6) is 5.75 Å². The van der Waals surface area contributed by atoms with Gasteiger partial charge in [-0.05, 0) is 49.9 Å². The van der Waals surface area contributed by atoms with Crippen molar-refractivity contribution in [3.05, 3.63) is 28.8 Å². The molecule has 2 rings (SSSR count). The number of rotatable bonds is 4. The number of carboxylic acid groups (broad SMARTS) is 1. The van der Waals surface area contributed by atoms with E-state index in [1.54, 1.807) is 12.1 Å². The van der Waals surface area contributed by atoms with Crippen LogP contribution < -0.4 is 4.74 Å². The maximum atomic E-state index is 11.0. The SMILES string of the molecule is Cc1cc(C(=O)O)cc(C)c1OCC1(O)CCCC1. The Kier molecular flexibility index (Phi) is 3.80. The van der Waals surface area contributed by atoms with Crippen LogP contribution in [0, 0.1) is 13.8 Å². The molecule has 0 atom stereocenters. The quantitative estimate of drug-likeness (QED) is 0.877. The number of carbonyl (C=O) groups is 1. The van der Waals surface area contributed by atoms with Gasteiger partial charge in [-0.1, -0.05) is 12.8 Å². The van der Waals surface area contributed by atoms with E-state index in [1.165, 1.54) is 0 Å². The van der Waals surface area contributed by atoms with E-state index in [-0.39, 0.29) is 12.2 Å². The van der Waals surface area contributed by atoms with Crippen LogP contribution in [0.1, 0.15) is 47.2 Å². The van der Waals surface area contributed by atoms with E-state index in [9.17, 15) is 9.90 Å². The molecule has 0 spiro atoms. The van der Waals surface area contributed by atoms with Crippen molar-refractivity contribution in [3.63, 3.8) is 0 Å². The molecular weight excluding hydrogens is 244 g/mol. The van der Waals surface area contributed by atoms with Gasteiger partial charge >= 0.3 is 5.97 Å². The summed E-state index contributed by atoms with van der Waals surface area (Å²) in [7, 11) is 0. The van der Waals surface area contributed by atoms with Crippen LogP contribution in [-0.4, -0.2) is 28.4 Å². The molecule has 2 N–H and O–H groups in total. The highest BCUT2D eigenvalue weighted by atomic mass is 16.5. The topological polar surface area (TPSA) is 66.8 Å². The molecule has 0 aliphatic heterocycles. The van der Waals surface area contributed by atoms with E-state index in [1.807, 2.05) is 13.8 Å². The fourth-order valence-electron chi connectivity index (χ4n) is 2.69. The van der Waals surface area contributed by atoms with Crippen molar-refractivity contribution in [1.82, 2.24) is 0 Å². The van der Waals surface area contributed by atoms with E-state index in [0.29, 0.717) is 5.75 Å². The second kappa shape index (κ2) is 5.21. The lowest BCUT2D eigenvalue weighted by Gasteiger charge is -2.23. The van der Waals surface area contributed by atoms with Crippen molar-refractivity contribution >= 4 is 5.97 Å². The molecule has 0 radical (unpaired) electrons. The molecule has 0 amide bonds. The van der Waals surface area contributed by atoms with Gasteiger partial charge in [0.05, 0.1) is 11.2 Å². The van der Waals surface area contributed by atoms with E-state index in [4.69, 9.17) is 9.84 Å². The molecule has 4 heteroatoms. The highest BCUT2D eigenvalue weighted by Crippen LogP contribution is 2.32. The maximum Gasteiger partial charge on any atom is 0.335 e. The molecule has 0 aromatic heterocycles. The first kappa shape index (κ1) is 13.9. The number of benzene rings is 1. The Labute approximate surface area is 113 Å². The molecule has 1 saturated carbocycles. The Morgan fingerprint density at radius 1 is 1.26 bits per heavy atom. The number of ether oxygens (including phenoxy) is 1. The lowest BCUT2D eigenvalue weighted by atomic mass is 10.0. The standard InChI is InChI=1S/C15H20O4/c1-10-7-12(14(16)17)8-11(2)13(10)19-9-15(18)5-3-4-6-15/h7-8,18H,3-6,9H2,1-2H3,(H,16,17). The summed E-state index contributed by atoms with van der Waals surface area (Å²) in [6.07, 6.45) is 3.63. The van der Waals surface area contributed by atoms with E-state index in [2.05, 4.69) is 0 Å². The van der Waals surface area contributed by atoms with Gasteiger partial charge in [-0.15, -0.1) is 0 Å². The third kappa shape index (κ3) is 3.07. The summed E-state index contributed by atoms with van der Waals surface area (Å²) >= 11 is 0. The third-order valence-electron chi connectivity index (χ3n) is 3.73. The zero-order chi connectivity index (χ0) is 14.0. The Balaban J connectivity index is 2.14. The van der Waals surface area contributed by atoms with Gasteiger partial charge in [0, 0.05) is 0 Å². The van der Waals surface area contributed by atoms with Crippen molar-refractivity contribution in [1.29, 1.82) is 0 Å². The summed E-state index contributed by atoms with van der Waals surface area (Å²) in [6.45, 7) is 3.93. The molecule has 0 saturated heterocycles. The first-order valence-electron chi connectivity index (χ1n) is 6.61. The summed E-state index contributed by atoms with van der Waals surface area (Å²) in [5.41, 5.74) is 1.13. The van der Waals surface area contributed by atoms with Crippen molar-refractivity contribution < 1.29 is 19.7 Å². The minimum Gasteiger partial charge on any atom is -0.490 e. The minimum atomic E-state index is -0.938. The number of aromatic carboxylic acids is 1. The molecule has 1 aliphatic rings. The molecule has 1 aliphatic carbocycles. The summed E-state index contributed by atoms with van der Waals surface area (Å²) in [4.78, 5) is 11.0. The summed E-state index contributed by atoms with van der Waals surface area (Å²) in [6, 6.07) is 3.20. The van der Waals surface area contributed by atoms with Gasteiger partial charge in [-0.2, -0.15) is 0 Å². The number of carboxylic acids is 1. The molecule has 1 fully saturated rings. The van der Waals surface area contributed by atoms with Gasteiger partial charge < -0.3 is 14.9 Å². The Hall–Kier alpha value is -1.55. The first-order chi connectivity index (χ1) is 8.91. The average molecular weight is 264 g/mol. The smallest absolute Gasteiger partial charge is 0.335 e. The fraction of sp³-hybridized carbons (Fsp3) is 0.533. The summed E-state index contributed by atoms with van der Waals surface area (Å²) in [5, 5.41) is 19.2. The summed E-state index contributed by atoms with van der Waals surface area (Å²) in [5.74, 6) is -0.252. The highest BCUT2D eigenvalue weighted by Gasteiger charge is 2.32. The van der Waals surface area contributed by atoms with Crippen LogP contribution in [0.2, 0.25) is 0 Å². The number of aryl methyl sites for hydroxylation is 2. The second-order valence-electron chi connectivity index (χ2n) is 5.46. The molecule has 1 aromatic carbocycles. The predicted octanol–water partition coefficient (Wildman–Crippen LogP) is 2.69. The lowest BCUT2D eigenvalue weighted by molar-refractivity contribution is 0.00101. The average Bonchev–Trinajstić information content (AvgIpc) is 2.75. The third-order valence-corrected chi connectivity index (χ3v) is 3.73. The fourth-order valence-corrected chi connectivity index (χ4v) is 2.69. The first-order valence-corrected chi connectivity index (χ1v) is 6.61. The van der Waals surface area contributed by atoms with Crippen LogP contribution in [0.4, 0.5) is 0 Å². The van der Waals surface area contributed by atoms with Gasteiger partial charge in [0.15, 0.2) is 0 Å². The van der Waals surface area contributed by atoms with Crippen LogP contribution in [0.25, 0.3) is 0 Å². The maximum absolute atomic E-state index is 11.0. The van der Waals surface area contributed by atoms with Gasteiger partial charge in [-0.3, -0.25) is 0 Å².